The first kappa shape index (κ1) is 71.4. The molecule has 27 rings (SSSR count). The molecule has 9 heterocycles. The second-order valence-electron chi connectivity index (χ2n) is 31.5. The number of nitrogens with zero attached hydrogens (tertiary/aromatic N) is 3. The third kappa shape index (κ3) is 11.6. The van der Waals surface area contributed by atoms with Gasteiger partial charge in [0, 0.05) is 125 Å². The third-order valence-corrected chi connectivity index (χ3v) is 30.5. The van der Waals surface area contributed by atoms with Gasteiger partial charge in [0.15, 0.2) is 5.58 Å². The molecular weight excluding hydrogens is 1590 g/mol. The fraction of sp³-hybridized carbons (Fsp3) is 0. The zero-order valence-corrected chi connectivity index (χ0v) is 70.2. The van der Waals surface area contributed by atoms with Gasteiger partial charge in [-0.3, -0.25) is 0 Å². The molecule has 9 heteroatoms. The molecule has 0 unspecified atom stereocenters. The Bertz CT molecular complexity index is 8870. The van der Waals surface area contributed by atoms with Crippen LogP contribution in [0.4, 0.5) is 0 Å². The summed E-state index contributed by atoms with van der Waals surface area (Å²) in [5.74, 6) is 0. The van der Waals surface area contributed by atoms with E-state index in [-0.39, 0.29) is 0 Å². The molecule has 0 N–H and O–H groups in total. The van der Waals surface area contributed by atoms with Gasteiger partial charge in [0.25, 0.3) is 0 Å². The fourth-order valence-corrected chi connectivity index (χ4v) is 25.1. The van der Waals surface area contributed by atoms with Crippen LogP contribution in [-0.2, 0) is 0 Å². The van der Waals surface area contributed by atoms with E-state index in [4.69, 9.17) is 4.42 Å². The minimum absolute atomic E-state index is 0.921. The van der Waals surface area contributed by atoms with E-state index >= 15 is 0 Å². The molecule has 0 aliphatic rings. The van der Waals surface area contributed by atoms with Gasteiger partial charge in [-0.05, 0) is 183 Å². The van der Waals surface area contributed by atoms with E-state index in [0.717, 1.165) is 49.8 Å². The van der Waals surface area contributed by atoms with Crippen LogP contribution in [0.25, 0.3) is 240 Å². The van der Waals surface area contributed by atoms with E-state index in [1.807, 2.05) is 56.7 Å². The Hall–Kier alpha value is -14.5. The lowest BCUT2D eigenvalue weighted by atomic mass is 9.96. The third-order valence-electron chi connectivity index (χ3n) is 24.7. The van der Waals surface area contributed by atoms with Gasteiger partial charge in [-0.1, -0.05) is 297 Å². The van der Waals surface area contributed by atoms with Crippen molar-refractivity contribution in [2.24, 2.45) is 0 Å². The quantitative estimate of drug-likeness (QED) is 0.142. The van der Waals surface area contributed by atoms with Crippen LogP contribution in [0.15, 0.2) is 423 Å². The number of thiophene rings is 5. The average molecular weight is 1660 g/mol. The number of fused-ring (bicyclic) bond motifs is 24. The normalized spacial score (nSPS) is 11.9. The topological polar surface area (TPSA) is 27.9 Å². The summed E-state index contributed by atoms with van der Waals surface area (Å²) in [5.41, 5.74) is 27.6. The SMILES string of the molecule is c1ccc(-n2c3ccccc3c3oc4c(-c5cccc(-c6cccc7c6sc6ccccc67)c5)cccc4c32)cc1.c1ccc(-n2c3ccccc3c3sc4cccc(-c5ccc(-c6ccc7sc8ccccc8c7c6)cc5)c4c32)cc1.c1ccc(-n2c3ccccc3c3sc4cccc(-c5ccc(-c6cccc7sc8ccccc8c67)cc5)c4c32)cc1. The molecule has 9 aromatic heterocycles. The maximum absolute atomic E-state index is 6.79. The maximum Gasteiger partial charge on any atom is 0.161 e. The zero-order chi connectivity index (χ0) is 80.7. The van der Waals surface area contributed by atoms with Crippen molar-refractivity contribution in [2.75, 3.05) is 0 Å². The number of para-hydroxylation sites is 7. The van der Waals surface area contributed by atoms with Crippen LogP contribution in [0.2, 0.25) is 0 Å². The van der Waals surface area contributed by atoms with E-state index < -0.39 is 0 Å². The van der Waals surface area contributed by atoms with Crippen molar-refractivity contribution in [1.29, 1.82) is 0 Å². The molecule has 576 valence electrons. The Morgan fingerprint density at radius 1 is 0.171 bits per heavy atom. The molecule has 0 saturated carbocycles. The smallest absolute Gasteiger partial charge is 0.161 e. The molecule has 0 saturated heterocycles. The molecule has 18 aromatic carbocycles. The van der Waals surface area contributed by atoms with Gasteiger partial charge >= 0.3 is 0 Å². The molecular formula is C114H69N3OS5. The lowest BCUT2D eigenvalue weighted by Crippen LogP contribution is -1.93. The monoisotopic (exact) mass is 1660 g/mol. The summed E-state index contributed by atoms with van der Waals surface area (Å²) in [6.07, 6.45) is 0. The number of aromatic nitrogens is 3. The van der Waals surface area contributed by atoms with Crippen molar-refractivity contribution in [2.45, 2.75) is 0 Å². The molecule has 0 aliphatic carbocycles. The predicted molar refractivity (Wildman–Crippen MR) is 534 cm³/mol. The summed E-state index contributed by atoms with van der Waals surface area (Å²) in [4.78, 5) is 0. The standard InChI is InChI=1S/C38H23NOS.2C38H23NS2/c1-2-13-26(14-3-1)39-33-21-6-4-16-31(33)37-35(39)32-20-9-17-27(36(32)40-37)24-11-8-12-25(23-24)28-18-10-19-30-29-15-5-7-22-34(29)41-38(28)30;1-2-10-26(11-3-1)39-31-16-6-4-12-29(31)38-37(39)36-28(15-9-19-34(36)41-38)25-22-20-24(21-23-25)27-14-8-18-33-35(27)30-13-5-7-17-32(30)40-33;1-2-9-27(10-3-1)39-32-14-6-4-12-30(32)38-37(39)36-28(13-8-16-35(36)41-38)25-19-17-24(18-20-25)26-21-22-34-31(23-26)29-11-5-7-15-33(29)40-34/h3*1-23H. The molecule has 0 aliphatic heterocycles. The zero-order valence-electron chi connectivity index (χ0n) is 66.1. The Labute approximate surface area is 727 Å². The van der Waals surface area contributed by atoms with Gasteiger partial charge in [0.1, 0.15) is 11.1 Å². The summed E-state index contributed by atoms with van der Waals surface area (Å²) >= 11 is 9.41. The van der Waals surface area contributed by atoms with E-state index in [9.17, 15) is 0 Å². The Morgan fingerprint density at radius 3 is 1.08 bits per heavy atom. The van der Waals surface area contributed by atoms with Gasteiger partial charge in [0.2, 0.25) is 0 Å². The van der Waals surface area contributed by atoms with Crippen molar-refractivity contribution >= 4 is 213 Å². The second kappa shape index (κ2) is 29.1. The summed E-state index contributed by atoms with van der Waals surface area (Å²) in [6.45, 7) is 0. The van der Waals surface area contributed by atoms with Crippen LogP contribution in [-0.4, -0.2) is 13.7 Å². The molecule has 0 atom stereocenters. The molecule has 123 heavy (non-hydrogen) atoms. The second-order valence-corrected chi connectivity index (χ2v) is 36.9. The first-order valence-corrected chi connectivity index (χ1v) is 45.7. The van der Waals surface area contributed by atoms with E-state index in [1.54, 1.807) is 0 Å². The Morgan fingerprint density at radius 2 is 0.520 bits per heavy atom. The predicted octanol–water partition coefficient (Wildman–Crippen LogP) is 34.6. The van der Waals surface area contributed by atoms with Gasteiger partial charge in [-0.15, -0.1) is 56.7 Å². The van der Waals surface area contributed by atoms with Crippen LogP contribution in [0.3, 0.4) is 0 Å². The highest BCUT2D eigenvalue weighted by Gasteiger charge is 2.26. The Balaban J connectivity index is 0.000000101. The summed E-state index contributed by atoms with van der Waals surface area (Å²) in [6, 6.07) is 152. The summed E-state index contributed by atoms with van der Waals surface area (Å²) in [5, 5.41) is 15.5. The number of rotatable bonds is 9. The fourth-order valence-electron chi connectivity index (χ4n) is 19.2. The van der Waals surface area contributed by atoms with Crippen LogP contribution < -0.4 is 0 Å². The first-order chi connectivity index (χ1) is 61.0. The van der Waals surface area contributed by atoms with Gasteiger partial charge in [0.05, 0.1) is 37.0 Å². The van der Waals surface area contributed by atoms with Crippen molar-refractivity contribution in [3.8, 4) is 83.8 Å². The van der Waals surface area contributed by atoms with Gasteiger partial charge < -0.3 is 18.1 Å². The molecule has 0 radical (unpaired) electrons. The lowest BCUT2D eigenvalue weighted by molar-refractivity contribution is 0.674. The molecule has 0 fully saturated rings. The molecule has 27 aromatic rings. The van der Waals surface area contributed by atoms with Crippen LogP contribution in [0, 0.1) is 0 Å². The van der Waals surface area contributed by atoms with E-state index in [1.165, 1.54) is 190 Å². The molecule has 0 spiro atoms. The molecule has 4 nitrogen and oxygen atoms in total. The maximum atomic E-state index is 6.79. The van der Waals surface area contributed by atoms with E-state index in [2.05, 4.69) is 432 Å². The number of hydrogen-bond donors (Lipinski definition) is 0. The van der Waals surface area contributed by atoms with Crippen molar-refractivity contribution < 1.29 is 4.42 Å². The largest absolute Gasteiger partial charge is 0.453 e. The molecule has 0 amide bonds. The highest BCUT2D eigenvalue weighted by Crippen LogP contribution is 2.51. The van der Waals surface area contributed by atoms with Crippen molar-refractivity contribution in [3.05, 3.63) is 419 Å². The van der Waals surface area contributed by atoms with Crippen LogP contribution >= 0.6 is 56.7 Å². The van der Waals surface area contributed by atoms with Crippen LogP contribution in [0.5, 0.6) is 0 Å². The average Bonchev–Trinajstić information content (AvgIpc) is 1.55. The first-order valence-electron chi connectivity index (χ1n) is 41.6. The Kier molecular flexibility index (Phi) is 16.9. The number of furan rings is 1. The number of benzene rings is 18. The summed E-state index contributed by atoms with van der Waals surface area (Å²) in [7, 11) is 0. The van der Waals surface area contributed by atoms with Crippen molar-refractivity contribution in [1.82, 2.24) is 13.7 Å². The summed E-state index contributed by atoms with van der Waals surface area (Å²) < 4.78 is 27.4. The highest BCUT2D eigenvalue weighted by atomic mass is 32.1. The van der Waals surface area contributed by atoms with Gasteiger partial charge in [-0.25, -0.2) is 0 Å². The minimum Gasteiger partial charge on any atom is -0.453 e. The van der Waals surface area contributed by atoms with Gasteiger partial charge in [-0.2, -0.15) is 0 Å². The van der Waals surface area contributed by atoms with Crippen molar-refractivity contribution in [3.63, 3.8) is 0 Å². The highest BCUT2D eigenvalue weighted by molar-refractivity contribution is 7.28. The molecule has 0 bridgehead atoms. The number of hydrogen-bond acceptors (Lipinski definition) is 6. The van der Waals surface area contributed by atoms with E-state index in [0.29, 0.717) is 0 Å². The van der Waals surface area contributed by atoms with Crippen LogP contribution in [0.1, 0.15) is 0 Å². The minimum atomic E-state index is 0.921. The lowest BCUT2D eigenvalue weighted by Gasteiger charge is -2.11.